The van der Waals surface area contributed by atoms with Gasteiger partial charge in [-0.3, -0.25) is 9.59 Å². The monoisotopic (exact) mass is 405 g/mol. The summed E-state index contributed by atoms with van der Waals surface area (Å²) in [5.41, 5.74) is 1.23. The molecule has 3 heterocycles. The predicted octanol–water partition coefficient (Wildman–Crippen LogP) is 1.56. The third kappa shape index (κ3) is 3.74. The van der Waals surface area contributed by atoms with Crippen molar-refractivity contribution in [1.29, 1.82) is 0 Å². The predicted molar refractivity (Wildman–Crippen MR) is 101 cm³/mol. The van der Waals surface area contributed by atoms with E-state index in [1.165, 1.54) is 16.2 Å². The van der Waals surface area contributed by atoms with Gasteiger partial charge in [-0.1, -0.05) is 22.5 Å². The molecule has 3 aromatic rings. The van der Waals surface area contributed by atoms with Gasteiger partial charge in [0, 0.05) is 31.2 Å². The second-order valence-corrected chi connectivity index (χ2v) is 7.40. The van der Waals surface area contributed by atoms with Gasteiger partial charge in [0.15, 0.2) is 6.61 Å². The number of hydrogen-bond acceptors (Lipinski definition) is 6. The Labute approximate surface area is 163 Å². The molecular weight excluding hydrogens is 390 g/mol. The first-order valence-electron chi connectivity index (χ1n) is 8.36. The molecule has 27 heavy (non-hydrogen) atoms. The van der Waals surface area contributed by atoms with Gasteiger partial charge in [0.25, 0.3) is 11.8 Å². The average Bonchev–Trinajstić information content (AvgIpc) is 3.35. The lowest BCUT2D eigenvalue weighted by Gasteiger charge is -2.34. The molecule has 2 amide bonds. The van der Waals surface area contributed by atoms with Gasteiger partial charge in [0.05, 0.1) is 4.88 Å². The molecule has 0 radical (unpaired) electrons. The highest BCUT2D eigenvalue weighted by molar-refractivity contribution is 7.12. The van der Waals surface area contributed by atoms with E-state index in [1.54, 1.807) is 28.0 Å². The quantitative estimate of drug-likeness (QED) is 0.658. The van der Waals surface area contributed by atoms with Crippen LogP contribution >= 0.6 is 22.9 Å². The van der Waals surface area contributed by atoms with E-state index in [0.717, 1.165) is 4.88 Å². The topological polar surface area (TPSA) is 80.6 Å². The number of carbonyl (C=O) groups is 2. The van der Waals surface area contributed by atoms with Gasteiger partial charge in [-0.25, -0.2) is 0 Å². The first kappa shape index (κ1) is 17.7. The molecule has 140 valence electrons. The van der Waals surface area contributed by atoms with E-state index in [0.29, 0.717) is 42.2 Å². The molecule has 0 unspecified atom stereocenters. The molecule has 0 N–H and O–H groups in total. The van der Waals surface area contributed by atoms with Crippen molar-refractivity contribution < 1.29 is 14.4 Å². The van der Waals surface area contributed by atoms with Crippen LogP contribution in [0.25, 0.3) is 11.0 Å². The smallest absolute Gasteiger partial charge is 0.264 e. The first-order chi connectivity index (χ1) is 13.1. The number of nitrogens with zero attached hydrogens (tertiary/aromatic N) is 5. The number of halogens is 1. The van der Waals surface area contributed by atoms with Crippen molar-refractivity contribution in [3.05, 3.63) is 45.6 Å². The highest BCUT2D eigenvalue weighted by Crippen LogP contribution is 2.16. The third-order valence-electron chi connectivity index (χ3n) is 4.34. The standard InChI is InChI=1S/C17H16ClN5O3S/c18-12-3-4-13-14(10-12)23(20-19-13)26-11-16(24)21-5-7-22(8-6-21)17(25)15-2-1-9-27-15/h1-4,9-10H,5-8,11H2. The van der Waals surface area contributed by atoms with Gasteiger partial charge in [0.2, 0.25) is 0 Å². The summed E-state index contributed by atoms with van der Waals surface area (Å²) in [6, 6.07) is 8.79. The molecule has 2 aromatic heterocycles. The third-order valence-corrected chi connectivity index (χ3v) is 5.43. The molecule has 0 aliphatic carbocycles. The number of fused-ring (bicyclic) bond motifs is 1. The molecule has 1 aromatic carbocycles. The van der Waals surface area contributed by atoms with Crippen molar-refractivity contribution in [2.75, 3.05) is 32.8 Å². The number of rotatable bonds is 4. The van der Waals surface area contributed by atoms with Crippen LogP contribution in [0.3, 0.4) is 0 Å². The lowest BCUT2D eigenvalue weighted by molar-refractivity contribution is -0.138. The van der Waals surface area contributed by atoms with Crippen molar-refractivity contribution in [2.24, 2.45) is 0 Å². The van der Waals surface area contributed by atoms with Crippen molar-refractivity contribution in [3.63, 3.8) is 0 Å². The lowest BCUT2D eigenvalue weighted by Crippen LogP contribution is -2.51. The molecule has 0 atom stereocenters. The molecule has 0 spiro atoms. The van der Waals surface area contributed by atoms with Crippen molar-refractivity contribution in [1.82, 2.24) is 25.0 Å². The number of piperazine rings is 1. The maximum atomic E-state index is 12.4. The molecule has 1 fully saturated rings. The van der Waals surface area contributed by atoms with Gasteiger partial charge in [0.1, 0.15) is 11.0 Å². The van der Waals surface area contributed by atoms with E-state index in [-0.39, 0.29) is 18.4 Å². The minimum absolute atomic E-state index is 0.0133. The molecule has 1 aliphatic rings. The summed E-state index contributed by atoms with van der Waals surface area (Å²) in [5, 5.41) is 10.3. The van der Waals surface area contributed by atoms with Gasteiger partial charge < -0.3 is 14.6 Å². The van der Waals surface area contributed by atoms with Gasteiger partial charge in [-0.05, 0) is 34.9 Å². The van der Waals surface area contributed by atoms with Crippen LogP contribution in [0.15, 0.2) is 35.7 Å². The minimum Gasteiger partial charge on any atom is -0.385 e. The van der Waals surface area contributed by atoms with Gasteiger partial charge >= 0.3 is 0 Å². The van der Waals surface area contributed by atoms with Crippen LogP contribution in [-0.4, -0.2) is 69.6 Å². The van der Waals surface area contributed by atoms with Crippen LogP contribution in [0.4, 0.5) is 0 Å². The Morgan fingerprint density at radius 3 is 2.67 bits per heavy atom. The molecule has 1 saturated heterocycles. The normalized spacial score (nSPS) is 14.6. The second kappa shape index (κ2) is 7.53. The van der Waals surface area contributed by atoms with Crippen LogP contribution < -0.4 is 4.84 Å². The number of amides is 2. The van der Waals surface area contributed by atoms with Gasteiger partial charge in [-0.2, -0.15) is 0 Å². The molecule has 4 rings (SSSR count). The van der Waals surface area contributed by atoms with Crippen molar-refractivity contribution in [2.45, 2.75) is 0 Å². The van der Waals surface area contributed by atoms with E-state index in [2.05, 4.69) is 10.3 Å². The Morgan fingerprint density at radius 2 is 1.93 bits per heavy atom. The number of thiophene rings is 1. The molecule has 0 saturated carbocycles. The summed E-state index contributed by atoms with van der Waals surface area (Å²) in [5.74, 6) is -0.150. The Bertz CT molecular complexity index is 966. The average molecular weight is 406 g/mol. The van der Waals surface area contributed by atoms with E-state index < -0.39 is 0 Å². The van der Waals surface area contributed by atoms with Crippen molar-refractivity contribution >= 4 is 45.8 Å². The Morgan fingerprint density at radius 1 is 1.15 bits per heavy atom. The van der Waals surface area contributed by atoms with E-state index in [1.807, 2.05) is 17.5 Å². The Kier molecular flexibility index (Phi) is 4.95. The summed E-state index contributed by atoms with van der Waals surface area (Å²) in [4.78, 5) is 35.6. The van der Waals surface area contributed by atoms with E-state index in [4.69, 9.17) is 16.4 Å². The largest absolute Gasteiger partial charge is 0.385 e. The molecule has 8 nitrogen and oxygen atoms in total. The highest BCUT2D eigenvalue weighted by Gasteiger charge is 2.25. The van der Waals surface area contributed by atoms with Crippen LogP contribution in [0.5, 0.6) is 0 Å². The maximum Gasteiger partial charge on any atom is 0.264 e. The summed E-state index contributed by atoms with van der Waals surface area (Å²) in [7, 11) is 0. The maximum absolute atomic E-state index is 12.4. The molecule has 0 bridgehead atoms. The van der Waals surface area contributed by atoms with Crippen LogP contribution in [0.2, 0.25) is 5.02 Å². The minimum atomic E-state index is -0.163. The summed E-state index contributed by atoms with van der Waals surface area (Å²) in [6.07, 6.45) is 0. The highest BCUT2D eigenvalue weighted by atomic mass is 35.5. The summed E-state index contributed by atoms with van der Waals surface area (Å²) < 4.78 is 0. The zero-order valence-corrected chi connectivity index (χ0v) is 15.8. The summed E-state index contributed by atoms with van der Waals surface area (Å²) in [6.45, 7) is 1.80. The van der Waals surface area contributed by atoms with Gasteiger partial charge in [-0.15, -0.1) is 16.4 Å². The summed E-state index contributed by atoms with van der Waals surface area (Å²) >= 11 is 7.40. The lowest BCUT2D eigenvalue weighted by atomic mass is 10.3. The first-order valence-corrected chi connectivity index (χ1v) is 9.62. The molecular formula is C17H16ClN5O3S. The molecule has 1 aliphatic heterocycles. The van der Waals surface area contributed by atoms with Crippen LogP contribution in [0, 0.1) is 0 Å². The molecule has 10 heteroatoms. The SMILES string of the molecule is O=C(COn1nnc2ccc(Cl)cc21)N1CCN(C(=O)c2cccs2)CC1. The van der Waals surface area contributed by atoms with Crippen molar-refractivity contribution in [3.8, 4) is 0 Å². The fourth-order valence-corrected chi connectivity index (χ4v) is 3.75. The number of carbonyl (C=O) groups excluding carboxylic acids is 2. The Balaban J connectivity index is 1.32. The van der Waals surface area contributed by atoms with E-state index >= 15 is 0 Å². The fraction of sp³-hybridized carbons (Fsp3) is 0.294. The van der Waals surface area contributed by atoms with Crippen LogP contribution in [-0.2, 0) is 4.79 Å². The second-order valence-electron chi connectivity index (χ2n) is 6.02. The zero-order valence-electron chi connectivity index (χ0n) is 14.2. The zero-order chi connectivity index (χ0) is 18.8. The number of aromatic nitrogens is 3. The van der Waals surface area contributed by atoms with E-state index in [9.17, 15) is 9.59 Å². The number of benzene rings is 1. The Hall–Kier alpha value is -2.65. The van der Waals surface area contributed by atoms with Crippen LogP contribution in [0.1, 0.15) is 9.67 Å². The fourth-order valence-electron chi connectivity index (χ4n) is 2.89. The number of hydrogen-bond donors (Lipinski definition) is 0.